The largest absolute Gasteiger partial charge is 0.479 e. The molecule has 4 heterocycles. The Morgan fingerprint density at radius 1 is 0.571 bits per heavy atom. The molecule has 4 aliphatic heterocycles. The summed E-state index contributed by atoms with van der Waals surface area (Å²) in [6.07, 6.45) is -30.5. The zero-order chi connectivity index (χ0) is 56.6. The molecule has 0 spiro atoms. The molecule has 442 valence electrons. The molecule has 5 aliphatic carbocycles. The third-order valence-corrected chi connectivity index (χ3v) is 21.8. The zero-order valence-corrected chi connectivity index (χ0v) is 45.6. The molecule has 0 aromatic heterocycles. The lowest BCUT2D eigenvalue weighted by Gasteiger charge is -2.72. The van der Waals surface area contributed by atoms with Crippen molar-refractivity contribution in [1.29, 1.82) is 0 Å². The van der Waals surface area contributed by atoms with E-state index in [1.165, 1.54) is 19.4 Å². The highest BCUT2D eigenvalue weighted by molar-refractivity contribution is 5.73. The smallest absolute Gasteiger partial charge is 0.335 e. The lowest BCUT2D eigenvalue weighted by Crippen LogP contribution is -2.69. The van der Waals surface area contributed by atoms with Gasteiger partial charge in [0.1, 0.15) is 79.4 Å². The number of ether oxygens (including phenoxy) is 8. The molecule has 0 amide bonds. The van der Waals surface area contributed by atoms with Crippen molar-refractivity contribution in [1.82, 2.24) is 0 Å². The predicted octanol–water partition coefficient (Wildman–Crippen LogP) is -1.47. The number of fused-ring (bicyclic) bond motifs is 7. The van der Waals surface area contributed by atoms with Gasteiger partial charge in [-0.05, 0) is 105 Å². The maximum Gasteiger partial charge on any atom is 0.335 e. The van der Waals surface area contributed by atoms with Gasteiger partial charge in [0.05, 0.1) is 43.7 Å². The van der Waals surface area contributed by atoms with Crippen LogP contribution >= 0.6 is 0 Å². The molecule has 0 aromatic carbocycles. The Labute approximate surface area is 449 Å². The van der Waals surface area contributed by atoms with E-state index in [4.69, 9.17) is 37.9 Å². The van der Waals surface area contributed by atoms with Gasteiger partial charge in [0.2, 0.25) is 0 Å². The first-order chi connectivity index (χ1) is 35.9. The third-order valence-electron chi connectivity index (χ3n) is 21.8. The number of hydrogen-bond donors (Lipinski definition) is 14. The number of aliphatic carboxylic acids is 1. The predicted molar refractivity (Wildman–Crippen MR) is 263 cm³/mol. The standard InChI is InChI=1S/C54H88O23/c1-21-29(57)31(59)35(63)45(70-21)74-38-25(19-55)72-47(41(37(38)65)76-46-36(64)32(60)30(58)22(2)71-46)77-40-34(62)33(61)39(44(68)69)75-48(40)73-28-13-14-51(6)26(52(28,7)20-56)12-15-54(9)27(51)11-10-23-24-18-49(3,4)42(66)43(67)50(24,5)16-17-53(23,54)8/h10,21-22,24-43,45-48,55-67H,11-20H2,1-9H3,(H,68,69). The van der Waals surface area contributed by atoms with Gasteiger partial charge in [0.25, 0.3) is 0 Å². The van der Waals surface area contributed by atoms with Gasteiger partial charge >= 0.3 is 5.97 Å². The Morgan fingerprint density at radius 2 is 1.13 bits per heavy atom. The van der Waals surface area contributed by atoms with Gasteiger partial charge in [-0.2, -0.15) is 0 Å². The van der Waals surface area contributed by atoms with E-state index in [-0.39, 0.29) is 40.6 Å². The molecule has 4 saturated carbocycles. The van der Waals surface area contributed by atoms with Crippen LogP contribution in [0.25, 0.3) is 0 Å². The second kappa shape index (κ2) is 21.2. The Balaban J connectivity index is 1.01. The van der Waals surface area contributed by atoms with E-state index in [9.17, 15) is 76.3 Å². The minimum Gasteiger partial charge on any atom is -0.479 e. The molecule has 8 fully saturated rings. The average molecular weight is 1110 g/mol. The van der Waals surface area contributed by atoms with E-state index in [2.05, 4.69) is 33.8 Å². The first kappa shape index (κ1) is 60.0. The molecule has 9 rings (SSSR count). The van der Waals surface area contributed by atoms with Crippen molar-refractivity contribution in [3.8, 4) is 0 Å². The Bertz CT molecular complexity index is 2150. The number of carboxylic acid groups (broad SMARTS) is 1. The van der Waals surface area contributed by atoms with Crippen molar-refractivity contribution in [3.05, 3.63) is 11.6 Å². The maximum absolute atomic E-state index is 12.7. The van der Waals surface area contributed by atoms with Gasteiger partial charge in [-0.3, -0.25) is 0 Å². The Morgan fingerprint density at radius 3 is 1.70 bits per heavy atom. The highest BCUT2D eigenvalue weighted by atomic mass is 16.8. The fourth-order valence-electron chi connectivity index (χ4n) is 16.5. The fraction of sp³-hybridized carbons (Fsp3) is 0.944. The van der Waals surface area contributed by atoms with Gasteiger partial charge < -0.3 is 109 Å². The SMILES string of the molecule is CC1OC(OC2C(CO)OC(OC3C(OC4CCC5(C)C(CCC6(C)C5CC=C5C7CC(C)(C)C(O)C(O)C7(C)CCC56C)C4(C)CO)OC(C(=O)O)C(O)C3O)C(OC3OC(C)C(O)C(O)C3O)C2O)C(O)C(O)C1O. The number of carboxylic acids is 1. The summed E-state index contributed by atoms with van der Waals surface area (Å²) in [5, 5.41) is 155. The normalized spacial score (nSPS) is 56.7. The maximum atomic E-state index is 12.7. The van der Waals surface area contributed by atoms with Crippen molar-refractivity contribution in [2.45, 2.75) is 255 Å². The number of aliphatic hydroxyl groups is 13. The van der Waals surface area contributed by atoms with Gasteiger partial charge in [-0.1, -0.05) is 60.1 Å². The first-order valence-corrected chi connectivity index (χ1v) is 27.7. The topological polar surface area (TPSA) is 374 Å². The quantitative estimate of drug-likeness (QED) is 0.0829. The summed E-state index contributed by atoms with van der Waals surface area (Å²) in [6.45, 7) is 16.6. The van der Waals surface area contributed by atoms with E-state index >= 15 is 0 Å². The molecule has 0 aromatic rings. The number of allylic oxidation sites excluding steroid dienone is 2. The average Bonchev–Trinajstić information content (AvgIpc) is 3.56. The van der Waals surface area contributed by atoms with Crippen LogP contribution in [0.1, 0.15) is 114 Å². The number of aliphatic hydroxyl groups excluding tert-OH is 13. The molecular weight excluding hydrogens is 1020 g/mol. The molecule has 77 heavy (non-hydrogen) atoms. The van der Waals surface area contributed by atoms with Crippen LogP contribution in [0.5, 0.6) is 0 Å². The third kappa shape index (κ3) is 9.42. The second-order valence-corrected chi connectivity index (χ2v) is 26.4. The van der Waals surface area contributed by atoms with Gasteiger partial charge in [0, 0.05) is 10.8 Å². The summed E-state index contributed by atoms with van der Waals surface area (Å²) in [7, 11) is 0. The number of carbonyl (C=O) groups is 1. The van der Waals surface area contributed by atoms with Gasteiger partial charge in [0.15, 0.2) is 31.3 Å². The van der Waals surface area contributed by atoms with Crippen molar-refractivity contribution < 1.29 is 114 Å². The van der Waals surface area contributed by atoms with Crippen molar-refractivity contribution in [3.63, 3.8) is 0 Å². The summed E-state index contributed by atoms with van der Waals surface area (Å²) in [5.41, 5.74) is -1.44. The van der Waals surface area contributed by atoms with Crippen LogP contribution in [-0.4, -0.2) is 232 Å². The first-order valence-electron chi connectivity index (χ1n) is 27.7. The van der Waals surface area contributed by atoms with E-state index < -0.39 is 170 Å². The van der Waals surface area contributed by atoms with E-state index in [1.54, 1.807) is 0 Å². The summed E-state index contributed by atoms with van der Waals surface area (Å²) >= 11 is 0. The highest BCUT2D eigenvalue weighted by Gasteiger charge is 2.71. The van der Waals surface area contributed by atoms with Crippen LogP contribution < -0.4 is 0 Å². The van der Waals surface area contributed by atoms with Crippen molar-refractivity contribution >= 4 is 5.97 Å². The highest BCUT2D eigenvalue weighted by Crippen LogP contribution is 2.76. The Hall–Kier alpha value is -1.63. The van der Waals surface area contributed by atoms with E-state index in [1.807, 2.05) is 20.8 Å². The second-order valence-electron chi connectivity index (χ2n) is 26.4. The summed E-state index contributed by atoms with van der Waals surface area (Å²) in [5.74, 6) is -1.60. The van der Waals surface area contributed by atoms with Crippen LogP contribution in [-0.2, 0) is 42.7 Å². The molecule has 14 N–H and O–H groups in total. The molecular formula is C54H88O23. The molecule has 31 unspecified atom stereocenters. The number of hydrogen-bond acceptors (Lipinski definition) is 22. The van der Waals surface area contributed by atoms with Gasteiger partial charge in [-0.25, -0.2) is 4.79 Å². The van der Waals surface area contributed by atoms with Crippen molar-refractivity contribution in [2.75, 3.05) is 13.2 Å². The minimum absolute atomic E-state index is 0.0742. The molecule has 4 saturated heterocycles. The van der Waals surface area contributed by atoms with Crippen LogP contribution in [0, 0.1) is 50.2 Å². The number of rotatable bonds is 11. The lowest BCUT2D eigenvalue weighted by atomic mass is 9.33. The summed E-state index contributed by atoms with van der Waals surface area (Å²) in [4.78, 5) is 12.7. The molecule has 9 aliphatic rings. The van der Waals surface area contributed by atoms with Crippen molar-refractivity contribution in [2.24, 2.45) is 50.2 Å². The van der Waals surface area contributed by atoms with Gasteiger partial charge in [-0.15, -0.1) is 0 Å². The van der Waals surface area contributed by atoms with Crippen LogP contribution in [0.15, 0.2) is 11.6 Å². The molecule has 0 bridgehead atoms. The molecule has 23 heteroatoms. The lowest BCUT2D eigenvalue weighted by molar-refractivity contribution is -0.407. The molecule has 23 nitrogen and oxygen atoms in total. The fourth-order valence-corrected chi connectivity index (χ4v) is 16.5. The van der Waals surface area contributed by atoms with E-state index in [0.717, 1.165) is 32.1 Å². The Kier molecular flexibility index (Phi) is 16.5. The monoisotopic (exact) mass is 1100 g/mol. The van der Waals surface area contributed by atoms with Crippen LogP contribution in [0.4, 0.5) is 0 Å². The van der Waals surface area contributed by atoms with Crippen LogP contribution in [0.2, 0.25) is 0 Å². The zero-order valence-electron chi connectivity index (χ0n) is 45.6. The van der Waals surface area contributed by atoms with Crippen LogP contribution in [0.3, 0.4) is 0 Å². The summed E-state index contributed by atoms with van der Waals surface area (Å²) < 4.78 is 48.7. The molecule has 0 radical (unpaired) electrons. The van der Waals surface area contributed by atoms with E-state index in [0.29, 0.717) is 19.3 Å². The molecule has 31 atom stereocenters. The minimum atomic E-state index is -2.16. The summed E-state index contributed by atoms with van der Waals surface area (Å²) in [6, 6.07) is 0.